The Hall–Kier alpha value is -1.69. The highest BCUT2D eigenvalue weighted by Crippen LogP contribution is 2.26. The third-order valence-corrected chi connectivity index (χ3v) is 2.00. The first-order chi connectivity index (χ1) is 6.77. The number of hydrogen-bond acceptors (Lipinski definition) is 3. The summed E-state index contributed by atoms with van der Waals surface area (Å²) in [5.41, 5.74) is 1.08. The number of nitrogens with zero attached hydrogens (tertiary/aromatic N) is 1. The Balaban J connectivity index is 2.65. The van der Waals surface area contributed by atoms with Gasteiger partial charge in [-0.3, -0.25) is 0 Å². The molecule has 0 aliphatic heterocycles. The molecule has 1 rings (SSSR count). The van der Waals surface area contributed by atoms with Gasteiger partial charge in [0.2, 0.25) is 0 Å². The summed E-state index contributed by atoms with van der Waals surface area (Å²) in [7, 11) is 1.52. The van der Waals surface area contributed by atoms with Gasteiger partial charge in [0.05, 0.1) is 13.2 Å². The van der Waals surface area contributed by atoms with Crippen LogP contribution >= 0.6 is 0 Å². The van der Waals surface area contributed by atoms with Crippen LogP contribution in [-0.4, -0.2) is 12.2 Å². The van der Waals surface area contributed by atoms with Gasteiger partial charge in [0.25, 0.3) is 0 Å². The predicted molar refractivity (Wildman–Crippen MR) is 53.2 cm³/mol. The molecule has 0 aliphatic rings. The Bertz CT molecular complexity index is 342. The number of ether oxygens (including phenoxy) is 1. The molecule has 0 spiro atoms. The minimum absolute atomic E-state index is 0.150. The van der Waals surface area contributed by atoms with Crippen LogP contribution in [0.2, 0.25) is 0 Å². The number of unbranched alkanes of at least 4 members (excludes halogenated alkanes) is 1. The molecule has 0 atom stereocenters. The van der Waals surface area contributed by atoms with Crippen LogP contribution in [0.25, 0.3) is 0 Å². The van der Waals surface area contributed by atoms with Crippen LogP contribution in [0.15, 0.2) is 18.2 Å². The minimum atomic E-state index is 0.150. The fourth-order valence-corrected chi connectivity index (χ4v) is 1.25. The highest BCUT2D eigenvalue weighted by Gasteiger charge is 2.01. The molecule has 14 heavy (non-hydrogen) atoms. The highest BCUT2D eigenvalue weighted by atomic mass is 16.5. The summed E-state index contributed by atoms with van der Waals surface area (Å²) < 4.78 is 4.98. The van der Waals surface area contributed by atoms with E-state index in [2.05, 4.69) is 6.07 Å². The second-order valence-electron chi connectivity index (χ2n) is 3.02. The van der Waals surface area contributed by atoms with Crippen molar-refractivity contribution < 1.29 is 9.84 Å². The van der Waals surface area contributed by atoms with E-state index < -0.39 is 0 Å². The first-order valence-corrected chi connectivity index (χ1v) is 4.50. The Morgan fingerprint density at radius 1 is 1.50 bits per heavy atom. The summed E-state index contributed by atoms with van der Waals surface area (Å²) in [5.74, 6) is 0.635. The second-order valence-corrected chi connectivity index (χ2v) is 3.02. The van der Waals surface area contributed by atoms with Gasteiger partial charge in [0, 0.05) is 6.42 Å². The highest BCUT2D eigenvalue weighted by molar-refractivity contribution is 5.41. The van der Waals surface area contributed by atoms with Crippen molar-refractivity contribution in [2.45, 2.75) is 19.3 Å². The van der Waals surface area contributed by atoms with E-state index in [4.69, 9.17) is 10.00 Å². The largest absolute Gasteiger partial charge is 0.504 e. The van der Waals surface area contributed by atoms with E-state index in [9.17, 15) is 5.11 Å². The number of hydrogen-bond donors (Lipinski definition) is 1. The van der Waals surface area contributed by atoms with Crippen LogP contribution in [0.3, 0.4) is 0 Å². The lowest BCUT2D eigenvalue weighted by Crippen LogP contribution is -1.88. The molecule has 0 aromatic heterocycles. The maximum atomic E-state index is 9.33. The van der Waals surface area contributed by atoms with Crippen LogP contribution in [-0.2, 0) is 6.42 Å². The van der Waals surface area contributed by atoms with E-state index in [-0.39, 0.29) is 5.75 Å². The molecular formula is C11H13NO2. The number of rotatable bonds is 4. The zero-order valence-electron chi connectivity index (χ0n) is 8.16. The zero-order chi connectivity index (χ0) is 10.4. The second kappa shape index (κ2) is 5.13. The molecule has 0 fully saturated rings. The van der Waals surface area contributed by atoms with E-state index in [1.807, 2.05) is 6.07 Å². The molecule has 0 saturated carbocycles. The van der Waals surface area contributed by atoms with Gasteiger partial charge in [0.1, 0.15) is 0 Å². The van der Waals surface area contributed by atoms with E-state index in [0.29, 0.717) is 12.2 Å². The van der Waals surface area contributed by atoms with Gasteiger partial charge >= 0.3 is 0 Å². The summed E-state index contributed by atoms with van der Waals surface area (Å²) in [4.78, 5) is 0. The van der Waals surface area contributed by atoms with Crippen molar-refractivity contribution in [2.75, 3.05) is 7.11 Å². The van der Waals surface area contributed by atoms with Crippen molar-refractivity contribution in [3.05, 3.63) is 23.8 Å². The first kappa shape index (κ1) is 10.4. The monoisotopic (exact) mass is 191 g/mol. The molecule has 1 aromatic carbocycles. The lowest BCUT2D eigenvalue weighted by Gasteiger charge is -2.05. The average molecular weight is 191 g/mol. The minimum Gasteiger partial charge on any atom is -0.504 e. The fourth-order valence-electron chi connectivity index (χ4n) is 1.25. The van der Waals surface area contributed by atoms with Gasteiger partial charge in [-0.1, -0.05) is 6.07 Å². The summed E-state index contributed by atoms with van der Waals surface area (Å²) in [5, 5.41) is 17.7. The summed E-state index contributed by atoms with van der Waals surface area (Å²) >= 11 is 0. The molecule has 0 saturated heterocycles. The Morgan fingerprint density at radius 3 is 2.93 bits per heavy atom. The van der Waals surface area contributed by atoms with Crippen molar-refractivity contribution in [1.82, 2.24) is 0 Å². The molecule has 74 valence electrons. The maximum Gasteiger partial charge on any atom is 0.160 e. The van der Waals surface area contributed by atoms with E-state index in [0.717, 1.165) is 18.4 Å². The smallest absolute Gasteiger partial charge is 0.160 e. The van der Waals surface area contributed by atoms with Crippen LogP contribution in [0, 0.1) is 11.3 Å². The Morgan fingerprint density at radius 2 is 2.29 bits per heavy atom. The topological polar surface area (TPSA) is 53.2 Å². The normalized spacial score (nSPS) is 9.43. The fraction of sp³-hybridized carbons (Fsp3) is 0.364. The Labute approximate surface area is 83.6 Å². The van der Waals surface area contributed by atoms with Gasteiger partial charge in [-0.15, -0.1) is 0 Å². The lowest BCUT2D eigenvalue weighted by atomic mass is 10.1. The van der Waals surface area contributed by atoms with Crippen LogP contribution in [0.1, 0.15) is 18.4 Å². The maximum absolute atomic E-state index is 9.33. The third kappa shape index (κ3) is 2.67. The molecule has 1 aromatic rings. The molecule has 1 N–H and O–H groups in total. The summed E-state index contributed by atoms with van der Waals surface area (Å²) in [6.07, 6.45) is 2.23. The molecule has 0 bridgehead atoms. The third-order valence-electron chi connectivity index (χ3n) is 2.00. The van der Waals surface area contributed by atoms with Gasteiger partial charge in [-0.25, -0.2) is 0 Å². The van der Waals surface area contributed by atoms with Crippen molar-refractivity contribution in [2.24, 2.45) is 0 Å². The molecule has 0 radical (unpaired) electrons. The van der Waals surface area contributed by atoms with Crippen molar-refractivity contribution in [1.29, 1.82) is 5.26 Å². The summed E-state index contributed by atoms with van der Waals surface area (Å²) in [6.45, 7) is 0. The number of aromatic hydroxyl groups is 1. The molecule has 3 heteroatoms. The van der Waals surface area contributed by atoms with Crippen LogP contribution in [0.4, 0.5) is 0 Å². The number of benzene rings is 1. The van der Waals surface area contributed by atoms with E-state index in [1.165, 1.54) is 7.11 Å². The molecule has 3 nitrogen and oxygen atoms in total. The molecule has 0 aliphatic carbocycles. The molecule has 0 unspecified atom stereocenters. The van der Waals surface area contributed by atoms with Crippen molar-refractivity contribution >= 4 is 0 Å². The molecule has 0 heterocycles. The van der Waals surface area contributed by atoms with Gasteiger partial charge in [0.15, 0.2) is 11.5 Å². The number of methoxy groups -OCH3 is 1. The van der Waals surface area contributed by atoms with Crippen LogP contribution < -0.4 is 4.74 Å². The molecular weight excluding hydrogens is 178 g/mol. The number of phenolic OH excluding ortho intramolecular Hbond substituents is 1. The average Bonchev–Trinajstić information content (AvgIpc) is 2.21. The lowest BCUT2D eigenvalue weighted by molar-refractivity contribution is 0.373. The first-order valence-electron chi connectivity index (χ1n) is 4.50. The Kier molecular flexibility index (Phi) is 3.81. The van der Waals surface area contributed by atoms with Gasteiger partial charge in [-0.05, 0) is 30.5 Å². The molecule has 0 amide bonds. The standard InChI is InChI=1S/C11H13NO2/c1-14-11-8-9(4-2-3-7-12)5-6-10(11)13/h5-6,8,13H,2-4H2,1H3. The van der Waals surface area contributed by atoms with Gasteiger partial charge in [-0.2, -0.15) is 5.26 Å². The van der Waals surface area contributed by atoms with E-state index >= 15 is 0 Å². The van der Waals surface area contributed by atoms with Crippen LogP contribution in [0.5, 0.6) is 11.5 Å². The number of phenols is 1. The zero-order valence-corrected chi connectivity index (χ0v) is 8.16. The number of nitriles is 1. The van der Waals surface area contributed by atoms with E-state index in [1.54, 1.807) is 12.1 Å². The summed E-state index contributed by atoms with van der Waals surface area (Å²) in [6, 6.07) is 7.35. The quantitative estimate of drug-likeness (QED) is 0.742. The SMILES string of the molecule is COc1cc(CCCC#N)ccc1O. The predicted octanol–water partition coefficient (Wildman–Crippen LogP) is 2.25. The van der Waals surface area contributed by atoms with Gasteiger partial charge < -0.3 is 9.84 Å². The van der Waals surface area contributed by atoms with Crippen molar-refractivity contribution in [3.63, 3.8) is 0 Å². The number of aryl methyl sites for hydroxylation is 1. The van der Waals surface area contributed by atoms with Crippen molar-refractivity contribution in [3.8, 4) is 17.6 Å².